The summed E-state index contributed by atoms with van der Waals surface area (Å²) in [5.74, 6) is 1.34. The zero-order chi connectivity index (χ0) is 15.1. The fraction of sp³-hybridized carbons (Fsp3) is 1.00. The first-order chi connectivity index (χ1) is 8.62. The van der Waals surface area contributed by atoms with Crippen molar-refractivity contribution in [3.05, 3.63) is 0 Å². The molecule has 0 aliphatic heterocycles. The number of hydrogen-bond acceptors (Lipinski definition) is 1. The van der Waals surface area contributed by atoms with Gasteiger partial charge in [0.05, 0.1) is 0 Å². The van der Waals surface area contributed by atoms with Crippen molar-refractivity contribution in [2.75, 3.05) is 13.2 Å². The SMILES string of the molecule is CCC(C)(C)CC(C)COCC(C)CC(C)(C)CC. The van der Waals surface area contributed by atoms with E-state index in [0.29, 0.717) is 22.7 Å². The van der Waals surface area contributed by atoms with Crippen LogP contribution in [0.25, 0.3) is 0 Å². The molecule has 0 rings (SSSR count). The predicted octanol–water partition coefficient (Wildman–Crippen LogP) is 5.93. The second-order valence-electron chi connectivity index (χ2n) is 8.19. The van der Waals surface area contributed by atoms with Crippen molar-refractivity contribution in [3.63, 3.8) is 0 Å². The maximum absolute atomic E-state index is 5.94. The summed E-state index contributed by atoms with van der Waals surface area (Å²) in [4.78, 5) is 0. The first kappa shape index (κ1) is 19.0. The molecule has 0 aromatic carbocycles. The molecule has 0 saturated heterocycles. The maximum Gasteiger partial charge on any atom is 0.0491 e. The molecule has 0 aromatic heterocycles. The average Bonchev–Trinajstić information content (AvgIpc) is 2.27. The van der Waals surface area contributed by atoms with Crippen LogP contribution in [0, 0.1) is 22.7 Å². The Morgan fingerprint density at radius 3 is 1.32 bits per heavy atom. The lowest BCUT2D eigenvalue weighted by Crippen LogP contribution is -2.21. The minimum Gasteiger partial charge on any atom is -0.381 e. The lowest BCUT2D eigenvalue weighted by atomic mass is 9.81. The van der Waals surface area contributed by atoms with E-state index in [-0.39, 0.29) is 0 Å². The van der Waals surface area contributed by atoms with Gasteiger partial charge in [0, 0.05) is 13.2 Å². The summed E-state index contributed by atoms with van der Waals surface area (Å²) in [5.41, 5.74) is 0.914. The highest BCUT2D eigenvalue weighted by atomic mass is 16.5. The van der Waals surface area contributed by atoms with Crippen LogP contribution in [0.1, 0.15) is 81.1 Å². The Balaban J connectivity index is 3.85. The topological polar surface area (TPSA) is 9.23 Å². The second-order valence-corrected chi connectivity index (χ2v) is 8.19. The number of rotatable bonds is 10. The molecule has 0 aliphatic carbocycles. The molecule has 1 nitrogen and oxygen atoms in total. The van der Waals surface area contributed by atoms with Crippen molar-refractivity contribution in [1.29, 1.82) is 0 Å². The molecule has 0 aromatic rings. The van der Waals surface area contributed by atoms with Crippen LogP contribution in [0.15, 0.2) is 0 Å². The van der Waals surface area contributed by atoms with Gasteiger partial charge in [-0.05, 0) is 35.5 Å². The van der Waals surface area contributed by atoms with Gasteiger partial charge < -0.3 is 4.74 Å². The van der Waals surface area contributed by atoms with Crippen LogP contribution >= 0.6 is 0 Å². The lowest BCUT2D eigenvalue weighted by molar-refractivity contribution is 0.0540. The standard InChI is InChI=1S/C18H38O/c1-9-17(5,6)11-15(3)13-19-14-16(4)12-18(7,8)10-2/h15-16H,9-14H2,1-8H3. The third-order valence-corrected chi connectivity index (χ3v) is 4.52. The molecular weight excluding hydrogens is 232 g/mol. The summed E-state index contributed by atoms with van der Waals surface area (Å²) in [6, 6.07) is 0. The van der Waals surface area contributed by atoms with Gasteiger partial charge in [-0.25, -0.2) is 0 Å². The van der Waals surface area contributed by atoms with Gasteiger partial charge in [0.1, 0.15) is 0 Å². The monoisotopic (exact) mass is 270 g/mol. The van der Waals surface area contributed by atoms with Crippen molar-refractivity contribution in [2.45, 2.75) is 81.1 Å². The summed E-state index contributed by atoms with van der Waals surface area (Å²) in [6.07, 6.45) is 5.02. The van der Waals surface area contributed by atoms with Crippen LogP contribution in [0.3, 0.4) is 0 Å². The van der Waals surface area contributed by atoms with Gasteiger partial charge in [0.2, 0.25) is 0 Å². The van der Waals surface area contributed by atoms with Crippen LogP contribution in [-0.4, -0.2) is 13.2 Å². The molecule has 0 N–H and O–H groups in total. The molecule has 2 atom stereocenters. The summed E-state index contributed by atoms with van der Waals surface area (Å²) >= 11 is 0. The fourth-order valence-electron chi connectivity index (χ4n) is 2.76. The van der Waals surface area contributed by atoms with Crippen LogP contribution in [0.4, 0.5) is 0 Å². The van der Waals surface area contributed by atoms with Gasteiger partial charge in [0.25, 0.3) is 0 Å². The molecule has 19 heavy (non-hydrogen) atoms. The van der Waals surface area contributed by atoms with Crippen LogP contribution < -0.4 is 0 Å². The highest BCUT2D eigenvalue weighted by Gasteiger charge is 2.21. The molecule has 0 bridgehead atoms. The molecule has 0 aliphatic rings. The highest BCUT2D eigenvalue weighted by molar-refractivity contribution is 4.71. The van der Waals surface area contributed by atoms with Gasteiger partial charge in [0.15, 0.2) is 0 Å². The number of hydrogen-bond donors (Lipinski definition) is 0. The zero-order valence-electron chi connectivity index (χ0n) is 14.8. The third-order valence-electron chi connectivity index (χ3n) is 4.52. The van der Waals surface area contributed by atoms with Crippen molar-refractivity contribution < 1.29 is 4.74 Å². The first-order valence-electron chi connectivity index (χ1n) is 8.19. The Kier molecular flexibility index (Phi) is 8.27. The lowest BCUT2D eigenvalue weighted by Gasteiger charge is -2.28. The Hall–Kier alpha value is -0.0400. The highest BCUT2D eigenvalue weighted by Crippen LogP contribution is 2.30. The van der Waals surface area contributed by atoms with E-state index < -0.39 is 0 Å². The molecule has 0 amide bonds. The molecule has 0 spiro atoms. The molecule has 0 radical (unpaired) electrons. The van der Waals surface area contributed by atoms with Gasteiger partial charge in [-0.3, -0.25) is 0 Å². The van der Waals surface area contributed by atoms with Gasteiger partial charge in [-0.15, -0.1) is 0 Å². The molecule has 116 valence electrons. The zero-order valence-corrected chi connectivity index (χ0v) is 14.8. The first-order valence-corrected chi connectivity index (χ1v) is 8.19. The Morgan fingerprint density at radius 2 is 1.05 bits per heavy atom. The Bertz CT molecular complexity index is 206. The van der Waals surface area contributed by atoms with E-state index in [9.17, 15) is 0 Å². The molecule has 0 saturated carbocycles. The predicted molar refractivity (Wildman–Crippen MR) is 86.5 cm³/mol. The Labute approximate surface area is 122 Å². The van der Waals surface area contributed by atoms with E-state index >= 15 is 0 Å². The number of ether oxygens (including phenoxy) is 1. The van der Waals surface area contributed by atoms with Crippen LogP contribution in [0.5, 0.6) is 0 Å². The second kappa shape index (κ2) is 8.29. The largest absolute Gasteiger partial charge is 0.381 e. The van der Waals surface area contributed by atoms with E-state index in [1.807, 2.05) is 0 Å². The van der Waals surface area contributed by atoms with Crippen molar-refractivity contribution in [2.24, 2.45) is 22.7 Å². The van der Waals surface area contributed by atoms with Crippen molar-refractivity contribution in [3.8, 4) is 0 Å². The van der Waals surface area contributed by atoms with Gasteiger partial charge >= 0.3 is 0 Å². The van der Waals surface area contributed by atoms with E-state index in [2.05, 4.69) is 55.4 Å². The molecule has 1 heteroatoms. The van der Waals surface area contributed by atoms with E-state index in [4.69, 9.17) is 4.74 Å². The smallest absolute Gasteiger partial charge is 0.0491 e. The quantitative estimate of drug-likeness (QED) is 0.478. The summed E-state index contributed by atoms with van der Waals surface area (Å²) < 4.78 is 5.94. The van der Waals surface area contributed by atoms with Gasteiger partial charge in [-0.2, -0.15) is 0 Å². The molecule has 0 heterocycles. The normalized spacial score (nSPS) is 16.4. The van der Waals surface area contributed by atoms with Crippen LogP contribution in [-0.2, 0) is 4.74 Å². The molecule has 2 unspecified atom stereocenters. The minimum atomic E-state index is 0.457. The van der Waals surface area contributed by atoms with Gasteiger partial charge in [-0.1, -0.05) is 68.2 Å². The summed E-state index contributed by atoms with van der Waals surface area (Å²) in [5, 5.41) is 0. The van der Waals surface area contributed by atoms with E-state index in [1.54, 1.807) is 0 Å². The van der Waals surface area contributed by atoms with E-state index in [1.165, 1.54) is 25.7 Å². The molecule has 0 fully saturated rings. The third kappa shape index (κ3) is 9.49. The maximum atomic E-state index is 5.94. The van der Waals surface area contributed by atoms with Crippen LogP contribution in [0.2, 0.25) is 0 Å². The van der Waals surface area contributed by atoms with Crippen molar-refractivity contribution in [1.82, 2.24) is 0 Å². The molecular formula is C18H38O. The van der Waals surface area contributed by atoms with E-state index in [0.717, 1.165) is 13.2 Å². The Morgan fingerprint density at radius 1 is 0.737 bits per heavy atom. The minimum absolute atomic E-state index is 0.457. The summed E-state index contributed by atoms with van der Waals surface area (Å²) in [7, 11) is 0. The summed E-state index contributed by atoms with van der Waals surface area (Å²) in [6.45, 7) is 20.5. The fourth-order valence-corrected chi connectivity index (χ4v) is 2.76. The average molecular weight is 271 g/mol. The van der Waals surface area contributed by atoms with Crippen molar-refractivity contribution >= 4 is 0 Å².